The molecule has 3 heteroatoms. The molecule has 0 saturated carbocycles. The molecule has 1 aromatic heterocycles. The van der Waals surface area contributed by atoms with Gasteiger partial charge in [0.15, 0.2) is 6.20 Å². The minimum absolute atomic E-state index is 0.152. The second kappa shape index (κ2) is 5.92. The zero-order valence-corrected chi connectivity index (χ0v) is 12.1. The molecule has 0 aliphatic carbocycles. The SMILES string of the molecule is COC(=O)CCC[n+]1cc2ccccc2c2ccccc21. The average molecular weight is 280 g/mol. The van der Waals surface area contributed by atoms with E-state index >= 15 is 0 Å². The van der Waals surface area contributed by atoms with Crippen molar-refractivity contribution in [2.45, 2.75) is 19.4 Å². The number of aryl methyl sites for hydroxylation is 1. The lowest BCUT2D eigenvalue weighted by atomic mass is 10.1. The van der Waals surface area contributed by atoms with Crippen molar-refractivity contribution >= 4 is 27.6 Å². The van der Waals surface area contributed by atoms with Gasteiger partial charge in [-0.05, 0) is 12.1 Å². The van der Waals surface area contributed by atoms with Gasteiger partial charge in [-0.25, -0.2) is 0 Å². The summed E-state index contributed by atoms with van der Waals surface area (Å²) in [5, 5.41) is 3.72. The second-order valence-corrected chi connectivity index (χ2v) is 5.11. The molecule has 3 aromatic rings. The van der Waals surface area contributed by atoms with E-state index < -0.39 is 0 Å². The molecular weight excluding hydrogens is 262 g/mol. The number of para-hydroxylation sites is 1. The average Bonchev–Trinajstić information content (AvgIpc) is 2.54. The zero-order chi connectivity index (χ0) is 14.7. The molecule has 0 spiro atoms. The van der Waals surface area contributed by atoms with E-state index in [9.17, 15) is 4.79 Å². The summed E-state index contributed by atoms with van der Waals surface area (Å²) in [5.74, 6) is -0.152. The molecule has 0 fully saturated rings. The first-order valence-corrected chi connectivity index (χ1v) is 7.16. The Balaban J connectivity index is 2.02. The maximum absolute atomic E-state index is 11.2. The summed E-state index contributed by atoms with van der Waals surface area (Å²) in [6.45, 7) is 0.806. The van der Waals surface area contributed by atoms with E-state index in [1.54, 1.807) is 0 Å². The topological polar surface area (TPSA) is 30.2 Å². The van der Waals surface area contributed by atoms with E-state index in [1.165, 1.54) is 28.8 Å². The van der Waals surface area contributed by atoms with Gasteiger partial charge in [0.25, 0.3) is 0 Å². The number of hydrogen-bond acceptors (Lipinski definition) is 2. The predicted molar refractivity (Wildman–Crippen MR) is 82.9 cm³/mol. The zero-order valence-electron chi connectivity index (χ0n) is 12.1. The summed E-state index contributed by atoms with van der Waals surface area (Å²) in [6, 6.07) is 16.8. The van der Waals surface area contributed by atoms with Gasteiger partial charge in [-0.1, -0.05) is 30.3 Å². The van der Waals surface area contributed by atoms with Gasteiger partial charge >= 0.3 is 5.97 Å². The molecule has 0 unspecified atom stereocenters. The molecule has 3 nitrogen and oxygen atoms in total. The molecule has 0 radical (unpaired) electrons. The molecule has 2 aromatic carbocycles. The van der Waals surface area contributed by atoms with Crippen LogP contribution in [0.3, 0.4) is 0 Å². The van der Waals surface area contributed by atoms with Crippen molar-refractivity contribution in [3.63, 3.8) is 0 Å². The van der Waals surface area contributed by atoms with Crippen LogP contribution in [0, 0.1) is 0 Å². The molecule has 0 saturated heterocycles. The van der Waals surface area contributed by atoms with Crippen LogP contribution in [0.5, 0.6) is 0 Å². The van der Waals surface area contributed by atoms with Crippen LogP contribution in [0.1, 0.15) is 12.8 Å². The minimum Gasteiger partial charge on any atom is -0.469 e. The number of benzene rings is 2. The minimum atomic E-state index is -0.152. The molecule has 106 valence electrons. The number of carbonyl (C=O) groups excluding carboxylic acids is 1. The maximum Gasteiger partial charge on any atom is 0.305 e. The van der Waals surface area contributed by atoms with E-state index in [4.69, 9.17) is 4.74 Å². The summed E-state index contributed by atoms with van der Waals surface area (Å²) >= 11 is 0. The van der Waals surface area contributed by atoms with Crippen molar-refractivity contribution in [3.05, 3.63) is 54.7 Å². The number of methoxy groups -OCH3 is 1. The number of aromatic nitrogens is 1. The standard InChI is InChI=1S/C18H18NO2/c1-21-18(20)11-6-12-19-13-14-7-2-3-8-15(14)16-9-4-5-10-17(16)19/h2-5,7-10,13H,6,11-12H2,1H3/q+1. The number of hydrogen-bond donors (Lipinski definition) is 0. The Hall–Kier alpha value is -2.42. The van der Waals surface area contributed by atoms with Gasteiger partial charge < -0.3 is 4.74 Å². The van der Waals surface area contributed by atoms with Gasteiger partial charge in [-0.2, -0.15) is 4.57 Å². The Labute approximate surface area is 123 Å². The smallest absolute Gasteiger partial charge is 0.305 e. The molecule has 0 amide bonds. The highest BCUT2D eigenvalue weighted by atomic mass is 16.5. The largest absolute Gasteiger partial charge is 0.469 e. The van der Waals surface area contributed by atoms with Gasteiger partial charge in [-0.3, -0.25) is 4.79 Å². The first-order valence-electron chi connectivity index (χ1n) is 7.16. The Kier molecular flexibility index (Phi) is 3.82. The lowest BCUT2D eigenvalue weighted by Gasteiger charge is -2.05. The second-order valence-electron chi connectivity index (χ2n) is 5.11. The van der Waals surface area contributed by atoms with E-state index in [2.05, 4.69) is 53.2 Å². The predicted octanol–water partition coefficient (Wildman–Crippen LogP) is 3.23. The van der Waals surface area contributed by atoms with Crippen LogP contribution in [0.25, 0.3) is 21.7 Å². The number of carbonyl (C=O) groups is 1. The molecule has 1 heterocycles. The Morgan fingerprint density at radius 3 is 2.57 bits per heavy atom. The van der Waals surface area contributed by atoms with Crippen molar-refractivity contribution in [2.75, 3.05) is 7.11 Å². The molecule has 21 heavy (non-hydrogen) atoms. The van der Waals surface area contributed by atoms with Crippen LogP contribution in [0.2, 0.25) is 0 Å². The molecule has 0 aliphatic heterocycles. The highest BCUT2D eigenvalue weighted by Crippen LogP contribution is 2.22. The summed E-state index contributed by atoms with van der Waals surface area (Å²) in [6.07, 6.45) is 3.39. The number of rotatable bonds is 4. The summed E-state index contributed by atoms with van der Waals surface area (Å²) < 4.78 is 6.92. The lowest BCUT2D eigenvalue weighted by molar-refractivity contribution is -0.670. The number of esters is 1. The summed E-state index contributed by atoms with van der Waals surface area (Å²) in [4.78, 5) is 11.2. The fourth-order valence-electron chi connectivity index (χ4n) is 2.72. The Bertz CT molecular complexity index is 795. The molecule has 3 rings (SSSR count). The summed E-state index contributed by atoms with van der Waals surface area (Å²) in [5.41, 5.74) is 1.20. The quantitative estimate of drug-likeness (QED) is 0.417. The van der Waals surface area contributed by atoms with E-state index in [0.717, 1.165) is 13.0 Å². The third-order valence-electron chi connectivity index (χ3n) is 3.77. The van der Waals surface area contributed by atoms with Crippen LogP contribution in [0.15, 0.2) is 54.7 Å². The monoisotopic (exact) mass is 280 g/mol. The lowest BCUT2D eigenvalue weighted by Crippen LogP contribution is -2.34. The molecule has 0 bridgehead atoms. The van der Waals surface area contributed by atoms with E-state index in [-0.39, 0.29) is 5.97 Å². The van der Waals surface area contributed by atoms with Gasteiger partial charge in [-0.15, -0.1) is 0 Å². The number of pyridine rings is 1. The van der Waals surface area contributed by atoms with Crippen LogP contribution >= 0.6 is 0 Å². The highest BCUT2D eigenvalue weighted by Gasteiger charge is 2.13. The van der Waals surface area contributed by atoms with Crippen LogP contribution in [-0.4, -0.2) is 13.1 Å². The number of nitrogens with zero attached hydrogens (tertiary/aromatic N) is 1. The van der Waals surface area contributed by atoms with Crippen molar-refractivity contribution in [1.82, 2.24) is 0 Å². The molecule has 0 aliphatic rings. The highest BCUT2D eigenvalue weighted by molar-refractivity contribution is 6.03. The maximum atomic E-state index is 11.2. The molecular formula is C18H18NO2+. The summed E-state index contributed by atoms with van der Waals surface area (Å²) in [7, 11) is 1.43. The fourth-order valence-corrected chi connectivity index (χ4v) is 2.72. The van der Waals surface area contributed by atoms with Crippen molar-refractivity contribution < 1.29 is 14.1 Å². The van der Waals surface area contributed by atoms with E-state index in [1.807, 2.05) is 6.07 Å². The number of ether oxygens (including phenoxy) is 1. The van der Waals surface area contributed by atoms with Crippen molar-refractivity contribution in [2.24, 2.45) is 0 Å². The van der Waals surface area contributed by atoms with Gasteiger partial charge in [0.2, 0.25) is 5.52 Å². The Morgan fingerprint density at radius 1 is 1.05 bits per heavy atom. The van der Waals surface area contributed by atoms with Crippen LogP contribution in [0.4, 0.5) is 0 Å². The first kappa shape index (κ1) is 13.6. The Morgan fingerprint density at radius 2 is 1.76 bits per heavy atom. The molecule has 0 N–H and O–H groups in total. The van der Waals surface area contributed by atoms with Crippen molar-refractivity contribution in [3.8, 4) is 0 Å². The first-order chi connectivity index (χ1) is 10.3. The van der Waals surface area contributed by atoms with Gasteiger partial charge in [0, 0.05) is 23.3 Å². The normalized spacial score (nSPS) is 10.9. The van der Waals surface area contributed by atoms with E-state index in [0.29, 0.717) is 6.42 Å². The van der Waals surface area contributed by atoms with Crippen LogP contribution in [-0.2, 0) is 16.1 Å². The van der Waals surface area contributed by atoms with Gasteiger partial charge in [0.05, 0.1) is 18.9 Å². The van der Waals surface area contributed by atoms with Gasteiger partial charge in [0.1, 0.15) is 6.54 Å². The fraction of sp³-hybridized carbons (Fsp3) is 0.222. The third kappa shape index (κ3) is 2.72. The van der Waals surface area contributed by atoms with Crippen LogP contribution < -0.4 is 4.57 Å². The molecule has 0 atom stereocenters. The van der Waals surface area contributed by atoms with Crippen molar-refractivity contribution in [1.29, 1.82) is 0 Å². The third-order valence-corrected chi connectivity index (χ3v) is 3.77. The number of fused-ring (bicyclic) bond motifs is 3.